The van der Waals surface area contributed by atoms with Gasteiger partial charge in [-0.2, -0.15) is 4.31 Å². The van der Waals surface area contributed by atoms with Crippen LogP contribution in [0.4, 0.5) is 5.69 Å². The number of carbonyl (C=O) groups excluding carboxylic acids is 1. The summed E-state index contributed by atoms with van der Waals surface area (Å²) in [5.74, 6) is 0.0603. The summed E-state index contributed by atoms with van der Waals surface area (Å²) in [5, 5.41) is 0.256. The second kappa shape index (κ2) is 9.33. The zero-order chi connectivity index (χ0) is 23.0. The predicted octanol–water partition coefficient (Wildman–Crippen LogP) is 4.88. The summed E-state index contributed by atoms with van der Waals surface area (Å²) in [6.07, 6.45) is 2.10. The number of benzene rings is 2. The maximum absolute atomic E-state index is 13.5. The number of nitrogens with zero attached hydrogens (tertiary/aromatic N) is 2. The Morgan fingerprint density at radius 2 is 2.03 bits per heavy atom. The SMILES string of the molecule is CCOc1ccc(S(=O)(=O)N2CCC[C@@H](C(=O)N3c4ccc(Br)cc4C[C@H]3C)C2)cc1Cl. The first kappa shape index (κ1) is 23.5. The molecule has 0 unspecified atom stereocenters. The Kier molecular flexibility index (Phi) is 6.86. The zero-order valence-corrected chi connectivity index (χ0v) is 21.2. The van der Waals surface area contributed by atoms with Crippen molar-refractivity contribution in [3.8, 4) is 5.75 Å². The van der Waals surface area contributed by atoms with Crippen molar-refractivity contribution in [2.24, 2.45) is 5.92 Å². The lowest BCUT2D eigenvalue weighted by molar-refractivity contribution is -0.123. The quantitative estimate of drug-likeness (QED) is 0.541. The van der Waals surface area contributed by atoms with Gasteiger partial charge in [0.1, 0.15) is 5.75 Å². The maximum atomic E-state index is 13.5. The van der Waals surface area contributed by atoms with Gasteiger partial charge in [0.05, 0.1) is 22.4 Å². The summed E-state index contributed by atoms with van der Waals surface area (Å²) in [6, 6.07) is 10.5. The Morgan fingerprint density at radius 1 is 1.25 bits per heavy atom. The number of sulfonamides is 1. The average Bonchev–Trinajstić information content (AvgIpc) is 3.09. The Hall–Kier alpha value is -1.61. The molecule has 2 aliphatic heterocycles. The summed E-state index contributed by atoms with van der Waals surface area (Å²) >= 11 is 9.72. The number of hydrogen-bond acceptors (Lipinski definition) is 4. The molecular formula is C23H26BrClN2O4S. The molecule has 1 fully saturated rings. The molecule has 2 heterocycles. The number of piperidine rings is 1. The highest BCUT2D eigenvalue weighted by Gasteiger charge is 2.39. The van der Waals surface area contributed by atoms with E-state index in [0.717, 1.165) is 22.1 Å². The van der Waals surface area contributed by atoms with E-state index in [-0.39, 0.29) is 34.3 Å². The first-order valence-corrected chi connectivity index (χ1v) is 13.4. The summed E-state index contributed by atoms with van der Waals surface area (Å²) in [5.41, 5.74) is 2.05. The standard InChI is InChI=1S/C23H26BrClN2O4S/c1-3-31-22-9-7-19(13-20(22)25)32(29,30)26-10-4-5-16(14-26)23(28)27-15(2)11-17-12-18(24)6-8-21(17)27/h6-9,12-13,15-16H,3-5,10-11,14H2,1-2H3/t15-,16-/m1/s1. The van der Waals surface area contributed by atoms with Crippen molar-refractivity contribution in [3.05, 3.63) is 51.5 Å². The molecule has 9 heteroatoms. The fraction of sp³-hybridized carbons (Fsp3) is 0.435. The molecule has 0 aliphatic carbocycles. The minimum atomic E-state index is -3.77. The molecule has 2 aromatic rings. The number of hydrogen-bond donors (Lipinski definition) is 0. The summed E-state index contributed by atoms with van der Waals surface area (Å²) < 4.78 is 34.4. The van der Waals surface area contributed by atoms with E-state index in [1.165, 1.54) is 16.4 Å². The van der Waals surface area contributed by atoms with Crippen molar-refractivity contribution in [2.45, 2.75) is 44.0 Å². The largest absolute Gasteiger partial charge is 0.492 e. The van der Waals surface area contributed by atoms with Crippen molar-refractivity contribution >= 4 is 49.1 Å². The van der Waals surface area contributed by atoms with Crippen LogP contribution in [-0.4, -0.2) is 44.4 Å². The van der Waals surface area contributed by atoms with Crippen LogP contribution in [0.15, 0.2) is 45.8 Å². The van der Waals surface area contributed by atoms with Crippen LogP contribution in [0.1, 0.15) is 32.3 Å². The monoisotopic (exact) mass is 540 g/mol. The second-order valence-corrected chi connectivity index (χ2v) is 11.5. The van der Waals surface area contributed by atoms with Gasteiger partial charge in [0.2, 0.25) is 15.9 Å². The van der Waals surface area contributed by atoms with Gasteiger partial charge in [-0.1, -0.05) is 27.5 Å². The van der Waals surface area contributed by atoms with Crippen LogP contribution in [0.3, 0.4) is 0 Å². The van der Waals surface area contributed by atoms with Gasteiger partial charge in [-0.3, -0.25) is 4.79 Å². The molecule has 1 amide bonds. The third-order valence-corrected chi connectivity index (χ3v) is 8.72. The molecule has 6 nitrogen and oxygen atoms in total. The number of rotatable bonds is 5. The van der Waals surface area contributed by atoms with Crippen LogP contribution in [0.25, 0.3) is 0 Å². The number of ether oxygens (including phenoxy) is 1. The smallest absolute Gasteiger partial charge is 0.243 e. The van der Waals surface area contributed by atoms with E-state index < -0.39 is 10.0 Å². The molecule has 0 bridgehead atoms. The van der Waals surface area contributed by atoms with Gasteiger partial charge in [0.25, 0.3) is 0 Å². The third kappa shape index (κ3) is 4.42. The highest BCUT2D eigenvalue weighted by atomic mass is 79.9. The van der Waals surface area contributed by atoms with Crippen molar-refractivity contribution in [2.75, 3.05) is 24.6 Å². The van der Waals surface area contributed by atoms with Crippen LogP contribution < -0.4 is 9.64 Å². The lowest BCUT2D eigenvalue weighted by Crippen LogP contribution is -2.48. The second-order valence-electron chi connectivity index (χ2n) is 8.26. The summed E-state index contributed by atoms with van der Waals surface area (Å²) in [7, 11) is -3.77. The lowest BCUT2D eigenvalue weighted by Gasteiger charge is -2.34. The van der Waals surface area contributed by atoms with Gasteiger partial charge in [0.15, 0.2) is 0 Å². The van der Waals surface area contributed by atoms with E-state index in [4.69, 9.17) is 16.3 Å². The van der Waals surface area contributed by atoms with E-state index in [2.05, 4.69) is 15.9 Å². The Bertz CT molecular complexity index is 1140. The van der Waals surface area contributed by atoms with Gasteiger partial charge < -0.3 is 9.64 Å². The number of fused-ring (bicyclic) bond motifs is 1. The minimum Gasteiger partial charge on any atom is -0.492 e. The number of anilines is 1. The van der Waals surface area contributed by atoms with E-state index in [0.29, 0.717) is 31.7 Å². The zero-order valence-electron chi connectivity index (χ0n) is 18.1. The first-order chi connectivity index (χ1) is 15.2. The molecule has 2 aliphatic rings. The van der Waals surface area contributed by atoms with Crippen LogP contribution >= 0.6 is 27.5 Å². The van der Waals surface area contributed by atoms with E-state index in [9.17, 15) is 13.2 Å². The van der Waals surface area contributed by atoms with E-state index in [1.807, 2.05) is 36.9 Å². The molecule has 32 heavy (non-hydrogen) atoms. The topological polar surface area (TPSA) is 66.9 Å². The van der Waals surface area contributed by atoms with E-state index >= 15 is 0 Å². The maximum Gasteiger partial charge on any atom is 0.243 e. The molecule has 1 saturated heterocycles. The van der Waals surface area contributed by atoms with Gasteiger partial charge in [-0.15, -0.1) is 0 Å². The van der Waals surface area contributed by atoms with Crippen molar-refractivity contribution in [1.29, 1.82) is 0 Å². The Morgan fingerprint density at radius 3 is 2.75 bits per heavy atom. The number of halogens is 2. The molecular weight excluding hydrogens is 516 g/mol. The Balaban J connectivity index is 1.55. The molecule has 2 aromatic carbocycles. The lowest BCUT2D eigenvalue weighted by atomic mass is 9.97. The van der Waals surface area contributed by atoms with Crippen LogP contribution in [0.2, 0.25) is 5.02 Å². The average molecular weight is 542 g/mol. The van der Waals surface area contributed by atoms with Crippen molar-refractivity contribution < 1.29 is 17.9 Å². The molecule has 0 aromatic heterocycles. The molecule has 0 N–H and O–H groups in total. The first-order valence-electron chi connectivity index (χ1n) is 10.8. The Labute approximate surface area is 202 Å². The van der Waals surface area contributed by atoms with Gasteiger partial charge in [-0.25, -0.2) is 8.42 Å². The molecule has 4 rings (SSSR count). The van der Waals surface area contributed by atoms with Crippen molar-refractivity contribution in [3.63, 3.8) is 0 Å². The molecule has 0 saturated carbocycles. The molecule has 2 atom stereocenters. The number of carbonyl (C=O) groups is 1. The minimum absolute atomic E-state index is 0.0109. The van der Waals surface area contributed by atoms with Gasteiger partial charge in [0, 0.05) is 29.3 Å². The van der Waals surface area contributed by atoms with Gasteiger partial charge >= 0.3 is 0 Å². The van der Waals surface area contributed by atoms with E-state index in [1.54, 1.807) is 6.07 Å². The van der Waals surface area contributed by atoms with Crippen molar-refractivity contribution in [1.82, 2.24) is 4.31 Å². The fourth-order valence-corrected chi connectivity index (χ4v) is 6.82. The molecule has 0 spiro atoms. The fourth-order valence-electron chi connectivity index (χ4n) is 4.56. The van der Waals surface area contributed by atoms with Crippen LogP contribution in [0, 0.1) is 5.92 Å². The van der Waals surface area contributed by atoms with Crippen LogP contribution in [0.5, 0.6) is 5.75 Å². The highest BCUT2D eigenvalue weighted by molar-refractivity contribution is 9.10. The van der Waals surface area contributed by atoms with Crippen LogP contribution in [-0.2, 0) is 21.2 Å². The predicted molar refractivity (Wildman–Crippen MR) is 129 cm³/mol. The summed E-state index contributed by atoms with van der Waals surface area (Å²) in [4.78, 5) is 15.5. The molecule has 0 radical (unpaired) electrons. The highest BCUT2D eigenvalue weighted by Crippen LogP contribution is 2.37. The molecule has 172 valence electrons. The summed E-state index contributed by atoms with van der Waals surface area (Å²) in [6.45, 7) is 4.86. The third-order valence-electron chi connectivity index (χ3n) is 6.07. The number of amides is 1. The van der Waals surface area contributed by atoms with Gasteiger partial charge in [-0.05, 0) is 75.1 Å². The normalized spacial score (nSPS) is 21.4.